The van der Waals surface area contributed by atoms with Crippen molar-refractivity contribution in [3.05, 3.63) is 36.3 Å². The van der Waals surface area contributed by atoms with Crippen LogP contribution in [0, 0.1) is 0 Å². The van der Waals surface area contributed by atoms with E-state index in [2.05, 4.69) is 25.4 Å². The summed E-state index contributed by atoms with van der Waals surface area (Å²) < 4.78 is 2.07. The predicted molar refractivity (Wildman–Crippen MR) is 84.4 cm³/mol. The summed E-state index contributed by atoms with van der Waals surface area (Å²) in [4.78, 5) is 21.1. The number of hydrogen-bond donors (Lipinski definition) is 0. The third-order valence-corrected chi connectivity index (χ3v) is 4.91. The Balaban J connectivity index is 1.36. The van der Waals surface area contributed by atoms with Crippen LogP contribution in [0.15, 0.2) is 30.6 Å². The minimum atomic E-state index is 0.360. The predicted octanol–water partition coefficient (Wildman–Crippen LogP) is 1.92. The van der Waals surface area contributed by atoms with Gasteiger partial charge in [0.15, 0.2) is 0 Å². The second-order valence-corrected chi connectivity index (χ2v) is 6.40. The Morgan fingerprint density at radius 3 is 2.77 bits per heavy atom. The highest BCUT2D eigenvalue weighted by atomic mass is 16.2. The molecule has 0 saturated carbocycles. The molecule has 2 aromatic rings. The fourth-order valence-corrected chi connectivity index (χ4v) is 3.74. The molecule has 5 nitrogen and oxygen atoms in total. The fourth-order valence-electron chi connectivity index (χ4n) is 3.74. The van der Waals surface area contributed by atoms with Gasteiger partial charge in [-0.25, -0.2) is 4.98 Å². The van der Waals surface area contributed by atoms with Crippen LogP contribution in [0.25, 0.3) is 5.65 Å². The van der Waals surface area contributed by atoms with E-state index in [-0.39, 0.29) is 0 Å². The summed E-state index contributed by atoms with van der Waals surface area (Å²) in [6.07, 6.45) is 8.14. The molecule has 2 saturated heterocycles. The third-order valence-electron chi connectivity index (χ3n) is 4.91. The van der Waals surface area contributed by atoms with Gasteiger partial charge in [-0.3, -0.25) is 9.69 Å². The van der Waals surface area contributed by atoms with E-state index in [0.717, 1.165) is 63.2 Å². The van der Waals surface area contributed by atoms with Gasteiger partial charge < -0.3 is 9.30 Å². The van der Waals surface area contributed by atoms with E-state index in [1.807, 2.05) is 24.4 Å². The van der Waals surface area contributed by atoms with Gasteiger partial charge >= 0.3 is 0 Å². The number of amides is 1. The van der Waals surface area contributed by atoms with Crippen LogP contribution in [0.4, 0.5) is 0 Å². The number of aromatic nitrogens is 2. The summed E-state index contributed by atoms with van der Waals surface area (Å²) in [5.41, 5.74) is 2.14. The number of hydrogen-bond acceptors (Lipinski definition) is 3. The molecule has 0 spiro atoms. The van der Waals surface area contributed by atoms with Gasteiger partial charge in [0, 0.05) is 51.0 Å². The standard InChI is InChI=1S/C17H22N4O/c22-17-5-3-9-21(17)15-6-10-19(11-7-15)12-14-13-20-8-2-1-4-16(20)18-14/h1-2,4,8,13,15H,3,5-7,9-12H2. The van der Waals surface area contributed by atoms with Gasteiger partial charge in [-0.2, -0.15) is 0 Å². The average Bonchev–Trinajstić information content (AvgIpc) is 3.13. The van der Waals surface area contributed by atoms with Gasteiger partial charge in [-0.05, 0) is 31.4 Å². The van der Waals surface area contributed by atoms with Crippen molar-refractivity contribution in [1.29, 1.82) is 0 Å². The Labute approximate surface area is 130 Å². The zero-order valence-corrected chi connectivity index (χ0v) is 12.8. The summed E-state index contributed by atoms with van der Waals surface area (Å²) >= 11 is 0. The quantitative estimate of drug-likeness (QED) is 0.869. The Kier molecular flexibility index (Phi) is 3.58. The first-order chi connectivity index (χ1) is 10.8. The molecule has 2 aliphatic heterocycles. The number of pyridine rings is 1. The van der Waals surface area contributed by atoms with Crippen molar-refractivity contribution in [3.63, 3.8) is 0 Å². The molecule has 4 rings (SSSR count). The molecule has 2 aromatic heterocycles. The summed E-state index contributed by atoms with van der Waals surface area (Å²) in [5, 5.41) is 0. The molecule has 1 amide bonds. The molecule has 2 aliphatic rings. The molecule has 116 valence electrons. The van der Waals surface area contributed by atoms with Crippen molar-refractivity contribution >= 4 is 11.6 Å². The van der Waals surface area contributed by atoms with Gasteiger partial charge in [-0.15, -0.1) is 0 Å². The van der Waals surface area contributed by atoms with Gasteiger partial charge in [0.25, 0.3) is 0 Å². The number of carbonyl (C=O) groups excluding carboxylic acids is 1. The van der Waals surface area contributed by atoms with Crippen molar-refractivity contribution in [2.75, 3.05) is 19.6 Å². The number of carbonyl (C=O) groups is 1. The summed E-state index contributed by atoms with van der Waals surface area (Å²) in [7, 11) is 0. The highest BCUT2D eigenvalue weighted by Crippen LogP contribution is 2.22. The fraction of sp³-hybridized carbons (Fsp3) is 0.529. The van der Waals surface area contributed by atoms with Crippen LogP contribution < -0.4 is 0 Å². The Hall–Kier alpha value is -1.88. The number of fused-ring (bicyclic) bond motifs is 1. The monoisotopic (exact) mass is 298 g/mol. The molecule has 0 aromatic carbocycles. The number of nitrogens with zero attached hydrogens (tertiary/aromatic N) is 4. The van der Waals surface area contributed by atoms with Crippen LogP contribution in [0.5, 0.6) is 0 Å². The number of likely N-dealkylation sites (tertiary alicyclic amines) is 2. The highest BCUT2D eigenvalue weighted by Gasteiger charge is 2.30. The normalized spacial score (nSPS) is 21.1. The number of piperidine rings is 1. The van der Waals surface area contributed by atoms with Crippen LogP contribution >= 0.6 is 0 Å². The van der Waals surface area contributed by atoms with E-state index in [1.165, 1.54) is 0 Å². The maximum Gasteiger partial charge on any atom is 0.222 e. The molecule has 5 heteroatoms. The second-order valence-electron chi connectivity index (χ2n) is 6.40. The van der Waals surface area contributed by atoms with E-state index >= 15 is 0 Å². The maximum atomic E-state index is 11.8. The smallest absolute Gasteiger partial charge is 0.222 e. The largest absolute Gasteiger partial charge is 0.340 e. The lowest BCUT2D eigenvalue weighted by Crippen LogP contribution is -2.45. The van der Waals surface area contributed by atoms with Crippen molar-refractivity contribution in [1.82, 2.24) is 19.2 Å². The minimum absolute atomic E-state index is 0.360. The molecule has 4 heterocycles. The van der Waals surface area contributed by atoms with Gasteiger partial charge in [-0.1, -0.05) is 6.07 Å². The van der Waals surface area contributed by atoms with Gasteiger partial charge in [0.05, 0.1) is 5.69 Å². The van der Waals surface area contributed by atoms with Crippen molar-refractivity contribution in [3.8, 4) is 0 Å². The first-order valence-corrected chi connectivity index (χ1v) is 8.24. The lowest BCUT2D eigenvalue weighted by atomic mass is 10.0. The Morgan fingerprint density at radius 2 is 2.05 bits per heavy atom. The lowest BCUT2D eigenvalue weighted by molar-refractivity contribution is -0.130. The second kappa shape index (κ2) is 5.72. The maximum absolute atomic E-state index is 11.8. The summed E-state index contributed by atoms with van der Waals surface area (Å²) in [5.74, 6) is 0.360. The van der Waals surface area contributed by atoms with Crippen molar-refractivity contribution < 1.29 is 4.79 Å². The average molecular weight is 298 g/mol. The summed E-state index contributed by atoms with van der Waals surface area (Å²) in [6, 6.07) is 6.54. The van der Waals surface area contributed by atoms with Crippen molar-refractivity contribution in [2.45, 2.75) is 38.3 Å². The zero-order chi connectivity index (χ0) is 14.9. The molecule has 22 heavy (non-hydrogen) atoms. The number of imidazole rings is 1. The molecule has 0 N–H and O–H groups in total. The van der Waals surface area contributed by atoms with E-state index in [4.69, 9.17) is 0 Å². The molecular formula is C17H22N4O. The molecule has 0 bridgehead atoms. The molecule has 0 unspecified atom stereocenters. The molecular weight excluding hydrogens is 276 g/mol. The Bertz CT molecular complexity index is 639. The van der Waals surface area contributed by atoms with E-state index in [1.54, 1.807) is 0 Å². The molecule has 0 atom stereocenters. The first-order valence-electron chi connectivity index (χ1n) is 8.24. The lowest BCUT2D eigenvalue weighted by Gasteiger charge is -2.36. The van der Waals surface area contributed by atoms with Crippen LogP contribution in [-0.2, 0) is 11.3 Å². The number of rotatable bonds is 3. The minimum Gasteiger partial charge on any atom is -0.340 e. The molecule has 2 fully saturated rings. The topological polar surface area (TPSA) is 40.9 Å². The van der Waals surface area contributed by atoms with Crippen LogP contribution in [-0.4, -0.2) is 50.8 Å². The van der Waals surface area contributed by atoms with E-state index in [9.17, 15) is 4.79 Å². The Morgan fingerprint density at radius 1 is 1.18 bits per heavy atom. The summed E-state index contributed by atoms with van der Waals surface area (Å²) in [6.45, 7) is 3.99. The molecule has 0 radical (unpaired) electrons. The van der Waals surface area contributed by atoms with Crippen LogP contribution in [0.2, 0.25) is 0 Å². The molecule has 0 aliphatic carbocycles. The van der Waals surface area contributed by atoms with Gasteiger partial charge in [0.2, 0.25) is 5.91 Å². The van der Waals surface area contributed by atoms with Crippen LogP contribution in [0.3, 0.4) is 0 Å². The first kappa shape index (κ1) is 13.8. The van der Waals surface area contributed by atoms with E-state index in [0.29, 0.717) is 11.9 Å². The SMILES string of the molecule is O=C1CCCN1C1CCN(Cc2cn3ccccc3n2)CC1. The van der Waals surface area contributed by atoms with Crippen LogP contribution in [0.1, 0.15) is 31.4 Å². The van der Waals surface area contributed by atoms with Gasteiger partial charge in [0.1, 0.15) is 5.65 Å². The van der Waals surface area contributed by atoms with E-state index < -0.39 is 0 Å². The third kappa shape index (κ3) is 2.61. The van der Waals surface area contributed by atoms with Crippen molar-refractivity contribution in [2.24, 2.45) is 0 Å². The zero-order valence-electron chi connectivity index (χ0n) is 12.8. The highest BCUT2D eigenvalue weighted by molar-refractivity contribution is 5.78.